The van der Waals surface area contributed by atoms with Crippen LogP contribution in [0.3, 0.4) is 0 Å². The maximum Gasteiger partial charge on any atom is 0.326 e. The third kappa shape index (κ3) is 5.59. The number of hydrogen-bond acceptors (Lipinski definition) is 2. The summed E-state index contributed by atoms with van der Waals surface area (Å²) in [6.07, 6.45) is 0.323. The maximum absolute atomic E-state index is 13.2. The predicted octanol–water partition coefficient (Wildman–Crippen LogP) is 2.78. The number of nitrogens with one attached hydrogen (secondary N) is 2. The number of urea groups is 1. The van der Waals surface area contributed by atoms with E-state index in [-0.39, 0.29) is 17.5 Å². The largest absolute Gasteiger partial charge is 0.480 e. The van der Waals surface area contributed by atoms with Crippen molar-refractivity contribution in [2.75, 3.05) is 0 Å². The van der Waals surface area contributed by atoms with E-state index in [1.165, 1.54) is 12.1 Å². The Hall–Kier alpha value is -1.82. The molecule has 1 aromatic carbocycles. The van der Waals surface area contributed by atoms with Gasteiger partial charge >= 0.3 is 12.0 Å². The number of amides is 2. The Morgan fingerprint density at radius 1 is 1.38 bits per heavy atom. The first-order valence-corrected chi connectivity index (χ1v) is 6.89. The van der Waals surface area contributed by atoms with Crippen LogP contribution >= 0.6 is 11.6 Å². The van der Waals surface area contributed by atoms with Crippen LogP contribution in [-0.2, 0) is 11.3 Å². The standard InChI is InChI=1S/C14H18ClFN2O3/c1-8(2)6-11(13(19)20)18-14(21)17-7-9-4-3-5-10(16)12(9)15/h3-5,8,11H,6-7H2,1-2H3,(H,19,20)(H2,17,18,21). The van der Waals surface area contributed by atoms with Crippen molar-refractivity contribution in [3.63, 3.8) is 0 Å². The number of carboxylic acid groups (broad SMARTS) is 1. The van der Waals surface area contributed by atoms with Crippen molar-refractivity contribution in [1.29, 1.82) is 0 Å². The molecule has 1 aromatic rings. The van der Waals surface area contributed by atoms with Crippen LogP contribution < -0.4 is 10.6 Å². The van der Waals surface area contributed by atoms with Gasteiger partial charge in [-0.3, -0.25) is 0 Å². The van der Waals surface area contributed by atoms with Crippen LogP contribution in [0.4, 0.5) is 9.18 Å². The summed E-state index contributed by atoms with van der Waals surface area (Å²) in [6.45, 7) is 3.74. The zero-order valence-electron chi connectivity index (χ0n) is 11.8. The van der Waals surface area contributed by atoms with Crippen molar-refractivity contribution < 1.29 is 19.1 Å². The number of halogens is 2. The molecule has 5 nitrogen and oxygen atoms in total. The second-order valence-electron chi connectivity index (χ2n) is 5.06. The van der Waals surface area contributed by atoms with Gasteiger partial charge in [-0.05, 0) is 24.0 Å². The molecule has 1 rings (SSSR count). The first-order valence-electron chi connectivity index (χ1n) is 6.51. The van der Waals surface area contributed by atoms with Crippen LogP contribution in [0.2, 0.25) is 5.02 Å². The molecule has 0 saturated carbocycles. The van der Waals surface area contributed by atoms with Crippen molar-refractivity contribution in [1.82, 2.24) is 10.6 Å². The van der Waals surface area contributed by atoms with E-state index >= 15 is 0 Å². The molecule has 7 heteroatoms. The van der Waals surface area contributed by atoms with Gasteiger partial charge < -0.3 is 15.7 Å². The van der Waals surface area contributed by atoms with Gasteiger partial charge in [0.15, 0.2) is 0 Å². The molecule has 0 aliphatic carbocycles. The number of hydrogen-bond donors (Lipinski definition) is 3. The average Bonchev–Trinajstić information content (AvgIpc) is 2.39. The van der Waals surface area contributed by atoms with Crippen molar-refractivity contribution in [3.8, 4) is 0 Å². The van der Waals surface area contributed by atoms with E-state index in [1.54, 1.807) is 6.07 Å². The Morgan fingerprint density at radius 2 is 2.05 bits per heavy atom. The molecule has 0 spiro atoms. The van der Waals surface area contributed by atoms with Crippen molar-refractivity contribution in [2.45, 2.75) is 32.9 Å². The number of carbonyl (C=O) groups is 2. The lowest BCUT2D eigenvalue weighted by Gasteiger charge is -2.17. The molecule has 116 valence electrons. The fourth-order valence-corrected chi connectivity index (χ4v) is 1.96. The third-order valence-electron chi connectivity index (χ3n) is 2.78. The molecule has 0 heterocycles. The lowest BCUT2D eigenvalue weighted by atomic mass is 10.0. The highest BCUT2D eigenvalue weighted by Gasteiger charge is 2.21. The average molecular weight is 317 g/mol. The second kappa shape index (κ2) is 7.83. The quantitative estimate of drug-likeness (QED) is 0.755. The highest BCUT2D eigenvalue weighted by atomic mass is 35.5. The summed E-state index contributed by atoms with van der Waals surface area (Å²) in [4.78, 5) is 22.7. The molecule has 0 fully saturated rings. The number of carboxylic acids is 1. The molecule has 2 amide bonds. The second-order valence-corrected chi connectivity index (χ2v) is 5.44. The van der Waals surface area contributed by atoms with Crippen molar-refractivity contribution in [2.24, 2.45) is 5.92 Å². The first-order chi connectivity index (χ1) is 9.81. The normalized spacial score (nSPS) is 12.0. The predicted molar refractivity (Wildman–Crippen MR) is 77.7 cm³/mol. The fourth-order valence-electron chi connectivity index (χ4n) is 1.76. The Labute approximate surface area is 127 Å². The Balaban J connectivity index is 2.57. The molecule has 0 aliphatic rings. The van der Waals surface area contributed by atoms with E-state index < -0.39 is 23.9 Å². The maximum atomic E-state index is 13.2. The van der Waals surface area contributed by atoms with Gasteiger partial charge in [-0.15, -0.1) is 0 Å². The molecule has 21 heavy (non-hydrogen) atoms. The lowest BCUT2D eigenvalue weighted by Crippen LogP contribution is -2.46. The number of benzene rings is 1. The molecular weight excluding hydrogens is 299 g/mol. The van der Waals surface area contributed by atoms with Gasteiger partial charge in [-0.25, -0.2) is 14.0 Å². The zero-order chi connectivity index (χ0) is 16.0. The Bertz CT molecular complexity index is 523. The fraction of sp³-hybridized carbons (Fsp3) is 0.429. The van der Waals surface area contributed by atoms with Gasteiger partial charge in [0.25, 0.3) is 0 Å². The first kappa shape index (κ1) is 17.2. The van der Waals surface area contributed by atoms with Gasteiger partial charge in [-0.1, -0.05) is 37.6 Å². The Morgan fingerprint density at radius 3 is 2.62 bits per heavy atom. The van der Waals surface area contributed by atoms with Gasteiger partial charge in [0.05, 0.1) is 5.02 Å². The highest BCUT2D eigenvalue weighted by Crippen LogP contribution is 2.19. The van der Waals surface area contributed by atoms with Crippen LogP contribution in [0, 0.1) is 11.7 Å². The van der Waals surface area contributed by atoms with E-state index in [2.05, 4.69) is 10.6 Å². The summed E-state index contributed by atoms with van der Waals surface area (Å²) >= 11 is 5.76. The van der Waals surface area contributed by atoms with E-state index in [0.29, 0.717) is 12.0 Å². The molecule has 3 N–H and O–H groups in total. The van der Waals surface area contributed by atoms with Crippen LogP contribution in [-0.4, -0.2) is 23.1 Å². The topological polar surface area (TPSA) is 78.4 Å². The minimum absolute atomic E-state index is 0.0104. The van der Waals surface area contributed by atoms with E-state index in [1.807, 2.05) is 13.8 Å². The SMILES string of the molecule is CC(C)CC(NC(=O)NCc1cccc(F)c1Cl)C(=O)O. The van der Waals surface area contributed by atoms with Crippen LogP contribution in [0.1, 0.15) is 25.8 Å². The van der Waals surface area contributed by atoms with Crippen molar-refractivity contribution >= 4 is 23.6 Å². The summed E-state index contributed by atoms with van der Waals surface area (Å²) in [5, 5.41) is 13.8. The molecule has 0 aliphatic heterocycles. The van der Waals surface area contributed by atoms with Gasteiger partial charge in [0.1, 0.15) is 11.9 Å². The molecule has 0 bridgehead atoms. The van der Waals surface area contributed by atoms with E-state index in [0.717, 1.165) is 0 Å². The zero-order valence-corrected chi connectivity index (χ0v) is 12.6. The van der Waals surface area contributed by atoms with Gasteiger partial charge in [0, 0.05) is 6.54 Å². The summed E-state index contributed by atoms with van der Waals surface area (Å²) in [5.41, 5.74) is 0.419. The molecule has 0 aromatic heterocycles. The lowest BCUT2D eigenvalue weighted by molar-refractivity contribution is -0.139. The molecule has 0 saturated heterocycles. The summed E-state index contributed by atoms with van der Waals surface area (Å²) in [5.74, 6) is -1.54. The van der Waals surface area contributed by atoms with E-state index in [9.17, 15) is 14.0 Å². The monoisotopic (exact) mass is 316 g/mol. The van der Waals surface area contributed by atoms with Crippen molar-refractivity contribution in [3.05, 3.63) is 34.6 Å². The molecule has 1 unspecified atom stereocenters. The molecule has 0 radical (unpaired) electrons. The summed E-state index contributed by atoms with van der Waals surface area (Å²) in [7, 11) is 0. The highest BCUT2D eigenvalue weighted by molar-refractivity contribution is 6.31. The van der Waals surface area contributed by atoms with Crippen LogP contribution in [0.5, 0.6) is 0 Å². The number of aliphatic carboxylic acids is 1. The van der Waals surface area contributed by atoms with Crippen LogP contribution in [0.25, 0.3) is 0 Å². The third-order valence-corrected chi connectivity index (χ3v) is 3.20. The minimum Gasteiger partial charge on any atom is -0.480 e. The minimum atomic E-state index is -1.09. The van der Waals surface area contributed by atoms with E-state index in [4.69, 9.17) is 16.7 Å². The summed E-state index contributed by atoms with van der Waals surface area (Å²) in [6, 6.07) is 2.68. The number of rotatable bonds is 6. The van der Waals surface area contributed by atoms with Gasteiger partial charge in [0.2, 0.25) is 0 Å². The molecular formula is C14H18ClFN2O3. The molecule has 1 atom stereocenters. The Kier molecular flexibility index (Phi) is 6.42. The number of carbonyl (C=O) groups excluding carboxylic acids is 1. The van der Waals surface area contributed by atoms with Crippen LogP contribution in [0.15, 0.2) is 18.2 Å². The smallest absolute Gasteiger partial charge is 0.326 e. The van der Waals surface area contributed by atoms with Gasteiger partial charge in [-0.2, -0.15) is 0 Å². The summed E-state index contributed by atoms with van der Waals surface area (Å²) < 4.78 is 13.2.